The third kappa shape index (κ3) is 3.97. The molecule has 102 valence electrons. The van der Waals surface area contributed by atoms with E-state index in [9.17, 15) is 0 Å². The number of nitrogens with two attached hydrogens (primary N) is 1. The first kappa shape index (κ1) is 13.9. The van der Waals surface area contributed by atoms with Crippen LogP contribution in [0.2, 0.25) is 0 Å². The zero-order valence-electron chi connectivity index (χ0n) is 11.0. The Hall–Kier alpha value is -1.53. The summed E-state index contributed by atoms with van der Waals surface area (Å²) in [5.74, 6) is 3.58. The first-order valence-electron chi connectivity index (χ1n) is 5.99. The van der Waals surface area contributed by atoms with Gasteiger partial charge in [-0.15, -0.1) is 0 Å². The van der Waals surface area contributed by atoms with Gasteiger partial charge in [0.05, 0.1) is 12.9 Å². The lowest BCUT2D eigenvalue weighted by molar-refractivity contribution is 0.391. The Morgan fingerprint density at radius 3 is 2.74 bits per heavy atom. The predicted octanol–water partition coefficient (Wildman–Crippen LogP) is 2.33. The lowest BCUT2D eigenvalue weighted by Gasteiger charge is -2.01. The molecule has 5 nitrogen and oxygen atoms in total. The van der Waals surface area contributed by atoms with Crippen molar-refractivity contribution in [3.05, 3.63) is 30.2 Å². The molecule has 0 aliphatic heterocycles. The molecule has 1 atom stereocenters. The van der Waals surface area contributed by atoms with Crippen LogP contribution in [0.4, 0.5) is 0 Å². The summed E-state index contributed by atoms with van der Waals surface area (Å²) in [6.45, 7) is 1.98. The summed E-state index contributed by atoms with van der Waals surface area (Å²) in [7, 11) is 1.64. The van der Waals surface area contributed by atoms with Gasteiger partial charge in [0.1, 0.15) is 5.75 Å². The minimum Gasteiger partial charge on any atom is -0.497 e. The third-order valence-corrected chi connectivity index (χ3v) is 3.64. The van der Waals surface area contributed by atoms with Gasteiger partial charge in [0.25, 0.3) is 0 Å². The van der Waals surface area contributed by atoms with Crippen molar-refractivity contribution in [1.29, 1.82) is 0 Å². The molecule has 2 rings (SSSR count). The second-order valence-electron chi connectivity index (χ2n) is 4.23. The number of hydrogen-bond acceptors (Lipinski definition) is 6. The summed E-state index contributed by atoms with van der Waals surface area (Å²) in [6, 6.07) is 7.73. The van der Waals surface area contributed by atoms with Crippen LogP contribution in [0, 0.1) is 0 Å². The van der Waals surface area contributed by atoms with Crippen LogP contribution in [0.3, 0.4) is 0 Å². The van der Waals surface area contributed by atoms with Crippen LogP contribution >= 0.6 is 11.8 Å². The number of ether oxygens (including phenoxy) is 1. The molecule has 1 aromatic heterocycles. The Bertz CT molecular complexity index is 511. The first-order valence-corrected chi connectivity index (χ1v) is 7.15. The second-order valence-corrected chi connectivity index (χ2v) is 5.26. The normalized spacial score (nSPS) is 12.4. The summed E-state index contributed by atoms with van der Waals surface area (Å²) >= 11 is 1.69. The van der Waals surface area contributed by atoms with Gasteiger partial charge in [-0.2, -0.15) is 16.7 Å². The first-order chi connectivity index (χ1) is 9.19. The van der Waals surface area contributed by atoms with E-state index in [-0.39, 0.29) is 6.04 Å². The molecular weight excluding hydrogens is 262 g/mol. The molecule has 0 spiro atoms. The minimum atomic E-state index is 0.175. The van der Waals surface area contributed by atoms with E-state index >= 15 is 0 Å². The van der Waals surface area contributed by atoms with Gasteiger partial charge in [0.2, 0.25) is 11.7 Å². The van der Waals surface area contributed by atoms with Crippen LogP contribution in [-0.4, -0.2) is 29.0 Å². The van der Waals surface area contributed by atoms with Gasteiger partial charge in [0.15, 0.2) is 0 Å². The lowest BCUT2D eigenvalue weighted by atomic mass is 10.2. The summed E-state index contributed by atoms with van der Waals surface area (Å²) in [5, 5.41) is 3.97. The van der Waals surface area contributed by atoms with Crippen molar-refractivity contribution in [3.8, 4) is 17.1 Å². The van der Waals surface area contributed by atoms with Gasteiger partial charge in [-0.25, -0.2) is 0 Å². The van der Waals surface area contributed by atoms with E-state index in [0.29, 0.717) is 17.5 Å². The Kier molecular flexibility index (Phi) is 4.81. The molecule has 19 heavy (non-hydrogen) atoms. The van der Waals surface area contributed by atoms with Crippen LogP contribution in [0.25, 0.3) is 11.4 Å². The molecule has 0 aliphatic carbocycles. The Morgan fingerprint density at radius 2 is 2.11 bits per heavy atom. The van der Waals surface area contributed by atoms with Crippen molar-refractivity contribution in [2.45, 2.75) is 18.7 Å². The van der Waals surface area contributed by atoms with Crippen LogP contribution in [0.15, 0.2) is 28.8 Å². The summed E-state index contributed by atoms with van der Waals surface area (Å²) in [5.41, 5.74) is 6.59. The molecule has 1 heterocycles. The number of hydrogen-bond donors (Lipinski definition) is 1. The maximum Gasteiger partial charge on any atom is 0.236 e. The molecule has 1 aromatic carbocycles. The Labute approximate surface area is 116 Å². The van der Waals surface area contributed by atoms with Crippen LogP contribution in [0.1, 0.15) is 12.8 Å². The Balaban J connectivity index is 1.99. The Morgan fingerprint density at radius 1 is 1.37 bits per heavy atom. The van der Waals surface area contributed by atoms with Gasteiger partial charge in [-0.1, -0.05) is 5.16 Å². The molecule has 1 unspecified atom stereocenters. The van der Waals surface area contributed by atoms with E-state index in [4.69, 9.17) is 15.0 Å². The maximum atomic E-state index is 5.68. The highest BCUT2D eigenvalue weighted by Crippen LogP contribution is 2.21. The zero-order valence-corrected chi connectivity index (χ0v) is 11.8. The highest BCUT2D eigenvalue weighted by Gasteiger charge is 2.09. The molecule has 0 fully saturated rings. The predicted molar refractivity (Wildman–Crippen MR) is 76.1 cm³/mol. The average Bonchev–Trinajstić information content (AvgIpc) is 2.87. The van der Waals surface area contributed by atoms with Crippen molar-refractivity contribution in [2.24, 2.45) is 5.73 Å². The maximum absolute atomic E-state index is 5.68. The van der Waals surface area contributed by atoms with Crippen LogP contribution in [-0.2, 0) is 5.75 Å². The molecule has 0 amide bonds. The third-order valence-electron chi connectivity index (χ3n) is 2.42. The highest BCUT2D eigenvalue weighted by atomic mass is 32.2. The zero-order chi connectivity index (χ0) is 13.7. The number of aromatic nitrogens is 2. The molecule has 0 saturated carbocycles. The number of methoxy groups -OCH3 is 1. The fourth-order valence-corrected chi connectivity index (χ4v) is 2.28. The molecule has 6 heteroatoms. The standard InChI is InChI=1S/C13H17N3O2S/c1-9(14)7-19-8-12-15-13(16-18-12)10-3-5-11(17-2)6-4-10/h3-6,9H,7-8,14H2,1-2H3. The van der Waals surface area contributed by atoms with Gasteiger partial charge in [-0.05, 0) is 31.2 Å². The summed E-state index contributed by atoms with van der Waals surface area (Å²) in [6.07, 6.45) is 0. The second kappa shape index (κ2) is 6.58. The van der Waals surface area contributed by atoms with E-state index in [1.807, 2.05) is 31.2 Å². The number of benzene rings is 1. The minimum absolute atomic E-state index is 0.175. The molecule has 0 saturated heterocycles. The molecule has 2 aromatic rings. The van der Waals surface area contributed by atoms with Crippen molar-refractivity contribution < 1.29 is 9.26 Å². The van der Waals surface area contributed by atoms with Gasteiger partial charge in [0, 0.05) is 17.4 Å². The van der Waals surface area contributed by atoms with E-state index in [0.717, 1.165) is 17.1 Å². The quantitative estimate of drug-likeness (QED) is 0.874. The molecule has 2 N–H and O–H groups in total. The van der Waals surface area contributed by atoms with E-state index in [2.05, 4.69) is 10.1 Å². The van der Waals surface area contributed by atoms with Crippen LogP contribution in [0.5, 0.6) is 5.75 Å². The van der Waals surface area contributed by atoms with Crippen molar-refractivity contribution >= 4 is 11.8 Å². The number of thioether (sulfide) groups is 1. The van der Waals surface area contributed by atoms with Crippen molar-refractivity contribution in [3.63, 3.8) is 0 Å². The van der Waals surface area contributed by atoms with Gasteiger partial charge >= 0.3 is 0 Å². The fraction of sp³-hybridized carbons (Fsp3) is 0.385. The summed E-state index contributed by atoms with van der Waals surface area (Å²) in [4.78, 5) is 4.35. The molecular formula is C13H17N3O2S. The SMILES string of the molecule is COc1ccc(-c2noc(CSCC(C)N)n2)cc1. The van der Waals surface area contributed by atoms with Gasteiger partial charge in [-0.3, -0.25) is 0 Å². The van der Waals surface area contributed by atoms with E-state index in [1.54, 1.807) is 18.9 Å². The largest absolute Gasteiger partial charge is 0.497 e. The molecule has 0 bridgehead atoms. The van der Waals surface area contributed by atoms with Crippen molar-refractivity contribution in [2.75, 3.05) is 12.9 Å². The summed E-state index contributed by atoms with van der Waals surface area (Å²) < 4.78 is 10.3. The van der Waals surface area contributed by atoms with E-state index in [1.165, 1.54) is 0 Å². The number of nitrogens with zero attached hydrogens (tertiary/aromatic N) is 2. The van der Waals surface area contributed by atoms with E-state index < -0.39 is 0 Å². The van der Waals surface area contributed by atoms with Crippen molar-refractivity contribution in [1.82, 2.24) is 10.1 Å². The number of rotatable bonds is 6. The topological polar surface area (TPSA) is 74.2 Å². The highest BCUT2D eigenvalue weighted by molar-refractivity contribution is 7.98. The lowest BCUT2D eigenvalue weighted by Crippen LogP contribution is -2.17. The monoisotopic (exact) mass is 279 g/mol. The fourth-order valence-electron chi connectivity index (χ4n) is 1.50. The van der Waals surface area contributed by atoms with Gasteiger partial charge < -0.3 is 15.0 Å². The molecule has 0 aliphatic rings. The smallest absolute Gasteiger partial charge is 0.236 e. The molecule has 0 radical (unpaired) electrons. The van der Waals surface area contributed by atoms with Crippen LogP contribution < -0.4 is 10.5 Å². The average molecular weight is 279 g/mol.